The Bertz CT molecular complexity index is 923. The normalized spacial score (nSPS) is 34.8. The van der Waals surface area contributed by atoms with E-state index in [-0.39, 0.29) is 10.5 Å². The Labute approximate surface area is 190 Å². The van der Waals surface area contributed by atoms with Crippen molar-refractivity contribution >= 4 is 8.32 Å². The fourth-order valence-electron chi connectivity index (χ4n) is 7.35. The molecular weight excluding hydrogens is 396 g/mol. The first-order valence-electron chi connectivity index (χ1n) is 12.6. The topological polar surface area (TPSA) is 18.5 Å². The van der Waals surface area contributed by atoms with Gasteiger partial charge in [0.1, 0.15) is 5.75 Å². The SMILES string of the molecule is COc1ccc2c(c1)C[C@@H]1CCC[C@@]23CC[C@@]2(C)C(=C13)CC[C@@H]2O[Si](C)(C)C(C)(C)C. The molecule has 0 amide bonds. The minimum absolute atomic E-state index is 0.244. The molecule has 170 valence electrons. The van der Waals surface area contributed by atoms with Gasteiger partial charge in [0.25, 0.3) is 0 Å². The predicted molar refractivity (Wildman–Crippen MR) is 131 cm³/mol. The molecule has 0 aromatic heterocycles. The van der Waals surface area contributed by atoms with E-state index >= 15 is 0 Å². The van der Waals surface area contributed by atoms with Crippen LogP contribution in [-0.2, 0) is 16.3 Å². The van der Waals surface area contributed by atoms with Crippen LogP contribution in [0.3, 0.4) is 0 Å². The van der Waals surface area contributed by atoms with Gasteiger partial charge < -0.3 is 9.16 Å². The van der Waals surface area contributed by atoms with E-state index in [0.29, 0.717) is 11.5 Å². The lowest BCUT2D eigenvalue weighted by molar-refractivity contribution is 0.0677. The average molecular weight is 439 g/mol. The summed E-state index contributed by atoms with van der Waals surface area (Å²) in [5.74, 6) is 1.75. The molecule has 2 bridgehead atoms. The molecule has 31 heavy (non-hydrogen) atoms. The zero-order chi connectivity index (χ0) is 22.2. The molecule has 0 heterocycles. The molecule has 4 atom stereocenters. The summed E-state index contributed by atoms with van der Waals surface area (Å²) in [4.78, 5) is 0. The molecule has 0 aliphatic heterocycles. The first-order valence-corrected chi connectivity index (χ1v) is 15.5. The number of benzene rings is 1. The van der Waals surface area contributed by atoms with Gasteiger partial charge in [-0.25, -0.2) is 0 Å². The van der Waals surface area contributed by atoms with Gasteiger partial charge in [0, 0.05) is 10.8 Å². The third-order valence-corrected chi connectivity index (χ3v) is 14.6. The van der Waals surface area contributed by atoms with Crippen molar-refractivity contribution in [2.24, 2.45) is 11.3 Å². The summed E-state index contributed by atoms with van der Waals surface area (Å²) in [6.45, 7) is 14.6. The van der Waals surface area contributed by atoms with Gasteiger partial charge in [0.2, 0.25) is 0 Å². The molecule has 1 aromatic carbocycles. The largest absolute Gasteiger partial charge is 0.497 e. The highest BCUT2D eigenvalue weighted by Crippen LogP contribution is 2.65. The predicted octanol–water partition coefficient (Wildman–Crippen LogP) is 7.57. The van der Waals surface area contributed by atoms with Crippen LogP contribution in [-0.4, -0.2) is 21.5 Å². The van der Waals surface area contributed by atoms with Crippen molar-refractivity contribution in [1.82, 2.24) is 0 Å². The van der Waals surface area contributed by atoms with Crippen LogP contribution in [0.4, 0.5) is 0 Å². The van der Waals surface area contributed by atoms with Gasteiger partial charge in [-0.05, 0) is 92.3 Å². The summed E-state index contributed by atoms with van der Waals surface area (Å²) in [5.41, 5.74) is 7.41. The van der Waals surface area contributed by atoms with Crippen LogP contribution in [0.15, 0.2) is 29.3 Å². The monoisotopic (exact) mass is 438 g/mol. The molecule has 2 fully saturated rings. The smallest absolute Gasteiger partial charge is 0.192 e. The summed E-state index contributed by atoms with van der Waals surface area (Å²) < 4.78 is 12.7. The van der Waals surface area contributed by atoms with Crippen molar-refractivity contribution in [3.8, 4) is 5.75 Å². The molecule has 3 heteroatoms. The molecule has 0 unspecified atom stereocenters. The number of allylic oxidation sites excluding steroid dienone is 1. The van der Waals surface area contributed by atoms with Crippen molar-refractivity contribution in [3.05, 3.63) is 40.5 Å². The number of fused-ring (bicyclic) bond motifs is 2. The van der Waals surface area contributed by atoms with Gasteiger partial charge >= 0.3 is 0 Å². The number of rotatable bonds is 3. The van der Waals surface area contributed by atoms with Gasteiger partial charge in [-0.2, -0.15) is 0 Å². The highest BCUT2D eigenvalue weighted by atomic mass is 28.4. The molecular formula is C28H42O2Si. The average Bonchev–Trinajstić information content (AvgIpc) is 3.02. The molecule has 4 aliphatic rings. The molecule has 5 rings (SSSR count). The summed E-state index contributed by atoms with van der Waals surface area (Å²) in [5, 5.41) is 0.272. The van der Waals surface area contributed by atoms with E-state index in [1.165, 1.54) is 51.4 Å². The van der Waals surface area contributed by atoms with Crippen LogP contribution in [0.5, 0.6) is 5.75 Å². The first-order chi connectivity index (χ1) is 14.5. The van der Waals surface area contributed by atoms with E-state index in [1.807, 2.05) is 11.1 Å². The van der Waals surface area contributed by atoms with E-state index in [1.54, 1.807) is 18.2 Å². The van der Waals surface area contributed by atoms with E-state index in [0.717, 1.165) is 11.7 Å². The van der Waals surface area contributed by atoms with Crippen molar-refractivity contribution < 1.29 is 9.16 Å². The molecule has 0 radical (unpaired) electrons. The first kappa shape index (κ1) is 21.8. The van der Waals surface area contributed by atoms with Gasteiger partial charge in [-0.15, -0.1) is 0 Å². The Kier molecular flexibility index (Phi) is 4.89. The lowest BCUT2D eigenvalue weighted by Gasteiger charge is -2.56. The standard InChI is InChI=1S/C28H42O2Si/c1-26(2,3)31(6,7)30-24-13-12-23-25-19-9-8-14-28(25,16-15-27(23,24)4)22-11-10-21(29-5)18-20(22)17-19/h10-11,18-19,24H,8-9,12-17H2,1-7H3/t19-,24-,27-,28+/m0/s1. The Hall–Kier alpha value is -1.06. The minimum atomic E-state index is -1.77. The number of hydrogen-bond acceptors (Lipinski definition) is 2. The van der Waals surface area contributed by atoms with Crippen LogP contribution in [0.2, 0.25) is 18.1 Å². The van der Waals surface area contributed by atoms with Gasteiger partial charge in [-0.3, -0.25) is 0 Å². The fraction of sp³-hybridized carbons (Fsp3) is 0.714. The van der Waals surface area contributed by atoms with Crippen molar-refractivity contribution in [1.29, 1.82) is 0 Å². The second kappa shape index (κ2) is 6.97. The number of methoxy groups -OCH3 is 1. The molecule has 4 aliphatic carbocycles. The highest BCUT2D eigenvalue weighted by molar-refractivity contribution is 6.74. The van der Waals surface area contributed by atoms with E-state index in [2.05, 4.69) is 59.0 Å². The third kappa shape index (κ3) is 3.05. The minimum Gasteiger partial charge on any atom is -0.497 e. The van der Waals surface area contributed by atoms with Gasteiger partial charge in [0.05, 0.1) is 13.2 Å². The van der Waals surface area contributed by atoms with E-state index in [9.17, 15) is 0 Å². The molecule has 0 saturated heterocycles. The van der Waals surface area contributed by atoms with E-state index in [4.69, 9.17) is 9.16 Å². The summed E-state index contributed by atoms with van der Waals surface area (Å²) in [6, 6.07) is 6.96. The second-order valence-corrected chi connectivity index (χ2v) is 17.4. The van der Waals surface area contributed by atoms with Gasteiger partial charge in [0.15, 0.2) is 8.32 Å². The number of hydrogen-bond donors (Lipinski definition) is 0. The van der Waals surface area contributed by atoms with Crippen LogP contribution in [0.1, 0.15) is 83.8 Å². The maximum absolute atomic E-state index is 7.12. The zero-order valence-electron chi connectivity index (χ0n) is 20.9. The second-order valence-electron chi connectivity index (χ2n) is 12.6. The van der Waals surface area contributed by atoms with Crippen molar-refractivity contribution in [2.45, 2.75) is 109 Å². The lowest BCUT2D eigenvalue weighted by Crippen LogP contribution is -2.51. The number of ether oxygens (including phenoxy) is 1. The van der Waals surface area contributed by atoms with Crippen LogP contribution < -0.4 is 4.74 Å². The van der Waals surface area contributed by atoms with Crippen molar-refractivity contribution in [3.63, 3.8) is 0 Å². The van der Waals surface area contributed by atoms with E-state index < -0.39 is 8.32 Å². The zero-order valence-corrected chi connectivity index (χ0v) is 21.9. The quantitative estimate of drug-likeness (QED) is 0.358. The summed E-state index contributed by atoms with van der Waals surface area (Å²) in [6.07, 6.45) is 10.8. The maximum atomic E-state index is 7.12. The van der Waals surface area contributed by atoms with Crippen LogP contribution >= 0.6 is 0 Å². The van der Waals surface area contributed by atoms with Gasteiger partial charge in [-0.1, -0.05) is 51.3 Å². The molecule has 0 spiro atoms. The molecule has 1 aromatic rings. The third-order valence-electron chi connectivity index (χ3n) is 10.1. The Balaban J connectivity index is 1.58. The Morgan fingerprint density at radius 1 is 1.06 bits per heavy atom. The molecule has 2 nitrogen and oxygen atoms in total. The van der Waals surface area contributed by atoms with Crippen LogP contribution in [0, 0.1) is 11.3 Å². The maximum Gasteiger partial charge on any atom is 0.192 e. The molecule has 0 N–H and O–H groups in total. The van der Waals surface area contributed by atoms with Crippen LogP contribution in [0.25, 0.3) is 0 Å². The highest BCUT2D eigenvalue weighted by Gasteiger charge is 2.58. The summed E-state index contributed by atoms with van der Waals surface area (Å²) >= 11 is 0. The Morgan fingerprint density at radius 2 is 1.84 bits per heavy atom. The van der Waals surface area contributed by atoms with Crippen molar-refractivity contribution in [2.75, 3.05) is 7.11 Å². The summed E-state index contributed by atoms with van der Waals surface area (Å²) in [7, 11) is 0.0243. The lowest BCUT2D eigenvalue weighted by atomic mass is 9.49. The fourth-order valence-corrected chi connectivity index (χ4v) is 8.80. The Morgan fingerprint density at radius 3 is 2.55 bits per heavy atom. The molecule has 2 saturated carbocycles.